The van der Waals surface area contributed by atoms with Crippen LogP contribution < -0.4 is 10.2 Å². The number of carbonyl (C=O) groups excluding carboxylic acids is 2. The fourth-order valence-electron chi connectivity index (χ4n) is 11.0. The summed E-state index contributed by atoms with van der Waals surface area (Å²) >= 11 is 0. The molecule has 2 saturated carbocycles. The largest absolute Gasteiger partial charge is 0.361 e. The van der Waals surface area contributed by atoms with Gasteiger partial charge in [-0.25, -0.2) is 37.5 Å². The number of aryl methyl sites for hydroxylation is 4. The molecule has 4 fully saturated rings. The number of anilines is 1. The topological polar surface area (TPSA) is 163 Å². The molecule has 2 aliphatic carbocycles. The molecule has 11 rings (SSSR count). The molecule has 356 valence electrons. The molecule has 7 aromatic rings. The van der Waals surface area contributed by atoms with E-state index in [1.807, 2.05) is 64.1 Å². The summed E-state index contributed by atoms with van der Waals surface area (Å²) in [5, 5.41) is 11.2. The van der Waals surface area contributed by atoms with Crippen molar-refractivity contribution in [3.05, 3.63) is 89.7 Å². The Hall–Kier alpha value is -6.46. The van der Waals surface area contributed by atoms with Gasteiger partial charge in [0.2, 0.25) is 23.7 Å². The maximum Gasteiger partial charge on any atom is 0.248 e. The Morgan fingerprint density at radius 2 is 1.15 bits per heavy atom. The molecule has 0 radical (unpaired) electrons. The second kappa shape index (κ2) is 17.9. The Morgan fingerprint density at radius 3 is 1.65 bits per heavy atom. The zero-order valence-electron chi connectivity index (χ0n) is 38.6. The minimum Gasteiger partial charge on any atom is -0.361 e. The normalized spacial score (nSPS) is 21.3. The average molecular weight is 935 g/mol. The number of imidazole rings is 2. The highest BCUT2D eigenvalue weighted by Gasteiger charge is 2.41. The van der Waals surface area contributed by atoms with Crippen LogP contribution in [-0.2, 0) is 9.59 Å². The van der Waals surface area contributed by atoms with E-state index in [2.05, 4.69) is 34.7 Å². The third-order valence-corrected chi connectivity index (χ3v) is 14.3. The standard InChI is InChI=1S/C27H28F2N6O2.C23H26F2N4O2/c1-16-25(17(2)37-33-16)18-6-7-22-21(12-18)32-26(35(22)19-8-10-27(28,29)11-9-19)23-4-3-5-24(36)34(23)20-13-30-15-31-14-20;1-13-21(14(2)31-28-13)15-6-7-19-18(12-15)27-22(17-4-3-5-20(30)26-17)29(19)16-8-10-23(24,25)11-9-16/h6-7,12-15,19,23H,3-5,8-11H2,1-2H3;6-7,12,16-17H,3-5,8-11H2,1-2H3,(H,26,30)/t23-;17-/m00/s1. The summed E-state index contributed by atoms with van der Waals surface area (Å²) in [4.78, 5) is 45.2. The Labute approximate surface area is 389 Å². The highest BCUT2D eigenvalue weighted by molar-refractivity contribution is 5.95. The highest BCUT2D eigenvalue weighted by Crippen LogP contribution is 2.45. The number of hydrogen-bond donors (Lipinski definition) is 1. The van der Waals surface area contributed by atoms with E-state index in [1.54, 1.807) is 17.3 Å². The lowest BCUT2D eigenvalue weighted by Gasteiger charge is -2.37. The van der Waals surface area contributed by atoms with E-state index in [1.165, 1.54) is 6.33 Å². The number of halogens is 4. The smallest absolute Gasteiger partial charge is 0.248 e. The van der Waals surface area contributed by atoms with Gasteiger partial charge < -0.3 is 23.5 Å². The zero-order chi connectivity index (χ0) is 47.5. The summed E-state index contributed by atoms with van der Waals surface area (Å²) in [6.07, 6.45) is 9.63. The van der Waals surface area contributed by atoms with E-state index in [-0.39, 0.29) is 61.7 Å². The lowest BCUT2D eigenvalue weighted by atomic mass is 9.91. The number of fused-ring (bicyclic) bond motifs is 2. The van der Waals surface area contributed by atoms with Crippen molar-refractivity contribution in [2.75, 3.05) is 4.90 Å². The first-order valence-corrected chi connectivity index (χ1v) is 23.7. The molecule has 14 nitrogen and oxygen atoms in total. The minimum atomic E-state index is -2.64. The summed E-state index contributed by atoms with van der Waals surface area (Å²) in [7, 11) is 0. The number of amides is 2. The third kappa shape index (κ3) is 8.66. The first-order chi connectivity index (χ1) is 32.6. The molecular formula is C50H54F4N10O4. The van der Waals surface area contributed by atoms with Crippen LogP contribution in [0.3, 0.4) is 0 Å². The van der Waals surface area contributed by atoms with Gasteiger partial charge in [0.25, 0.3) is 0 Å². The van der Waals surface area contributed by atoms with Crippen LogP contribution in [0, 0.1) is 27.7 Å². The van der Waals surface area contributed by atoms with E-state index in [0.717, 1.165) is 98.1 Å². The maximum atomic E-state index is 14.1. The molecule has 2 amide bonds. The molecular weight excluding hydrogens is 881 g/mol. The molecule has 4 aliphatic rings. The summed E-state index contributed by atoms with van der Waals surface area (Å²) in [5.74, 6) is -2.28. The van der Waals surface area contributed by atoms with Crippen LogP contribution in [0.2, 0.25) is 0 Å². The predicted molar refractivity (Wildman–Crippen MR) is 245 cm³/mol. The van der Waals surface area contributed by atoms with Crippen molar-refractivity contribution in [3.63, 3.8) is 0 Å². The highest BCUT2D eigenvalue weighted by atomic mass is 19.3. The number of piperidine rings is 2. The second-order valence-corrected chi connectivity index (χ2v) is 18.9. The molecule has 68 heavy (non-hydrogen) atoms. The number of aromatic nitrogens is 8. The molecule has 0 bridgehead atoms. The molecule has 2 atom stereocenters. The Kier molecular flexibility index (Phi) is 11.9. The minimum absolute atomic E-state index is 0.0152. The summed E-state index contributed by atoms with van der Waals surface area (Å²) in [6, 6.07) is 11.3. The number of carbonyl (C=O) groups is 2. The molecule has 2 aliphatic heterocycles. The molecule has 5 aromatic heterocycles. The monoisotopic (exact) mass is 934 g/mol. The predicted octanol–water partition coefficient (Wildman–Crippen LogP) is 11.5. The van der Waals surface area contributed by atoms with E-state index in [9.17, 15) is 27.2 Å². The van der Waals surface area contributed by atoms with Gasteiger partial charge in [0.1, 0.15) is 29.5 Å². The van der Waals surface area contributed by atoms with Crippen LogP contribution in [0.15, 0.2) is 64.2 Å². The van der Waals surface area contributed by atoms with Crippen molar-refractivity contribution >= 4 is 39.6 Å². The summed E-state index contributed by atoms with van der Waals surface area (Å²) < 4.78 is 70.8. The van der Waals surface area contributed by atoms with Crippen molar-refractivity contribution in [1.82, 2.24) is 44.7 Å². The van der Waals surface area contributed by atoms with Gasteiger partial charge in [-0.05, 0) is 114 Å². The van der Waals surface area contributed by atoms with Gasteiger partial charge in [-0.3, -0.25) is 14.5 Å². The molecule has 18 heteroatoms. The van der Waals surface area contributed by atoms with E-state index < -0.39 is 11.8 Å². The van der Waals surface area contributed by atoms with Gasteiger partial charge in [-0.2, -0.15) is 0 Å². The van der Waals surface area contributed by atoms with Gasteiger partial charge in [0.05, 0.1) is 63.6 Å². The Bertz CT molecular complexity index is 2950. The van der Waals surface area contributed by atoms with Crippen LogP contribution in [0.5, 0.6) is 0 Å². The fraction of sp³-hybridized carbons (Fsp3) is 0.480. The van der Waals surface area contributed by atoms with Crippen LogP contribution in [0.1, 0.15) is 149 Å². The van der Waals surface area contributed by atoms with Gasteiger partial charge in [0.15, 0.2) is 0 Å². The first kappa shape index (κ1) is 45.3. The van der Waals surface area contributed by atoms with Crippen LogP contribution in [0.4, 0.5) is 23.2 Å². The number of nitrogens with one attached hydrogen (secondary N) is 1. The first-order valence-electron chi connectivity index (χ1n) is 23.7. The van der Waals surface area contributed by atoms with Crippen molar-refractivity contribution in [2.24, 2.45) is 0 Å². The third-order valence-electron chi connectivity index (χ3n) is 14.3. The number of alkyl halides is 4. The quantitative estimate of drug-likeness (QED) is 0.152. The fourth-order valence-corrected chi connectivity index (χ4v) is 11.0. The van der Waals surface area contributed by atoms with E-state index in [0.29, 0.717) is 50.6 Å². The van der Waals surface area contributed by atoms with Gasteiger partial charge in [-0.1, -0.05) is 22.4 Å². The molecule has 2 aromatic carbocycles. The Balaban J connectivity index is 0.000000161. The van der Waals surface area contributed by atoms with Crippen LogP contribution >= 0.6 is 0 Å². The van der Waals surface area contributed by atoms with Crippen molar-refractivity contribution in [3.8, 4) is 22.3 Å². The van der Waals surface area contributed by atoms with Crippen molar-refractivity contribution < 1.29 is 36.2 Å². The second-order valence-electron chi connectivity index (χ2n) is 18.9. The molecule has 1 N–H and O–H groups in total. The lowest BCUT2D eigenvalue weighted by molar-refractivity contribution is -0.123. The lowest BCUT2D eigenvalue weighted by Crippen LogP contribution is -2.40. The number of hydrogen-bond acceptors (Lipinski definition) is 10. The maximum absolute atomic E-state index is 14.1. The number of nitrogens with zero attached hydrogens (tertiary/aromatic N) is 9. The van der Waals surface area contributed by atoms with Crippen LogP contribution in [-0.4, -0.2) is 63.0 Å². The van der Waals surface area contributed by atoms with Gasteiger partial charge in [-0.15, -0.1) is 0 Å². The van der Waals surface area contributed by atoms with Crippen molar-refractivity contribution in [1.29, 1.82) is 0 Å². The van der Waals surface area contributed by atoms with Crippen LogP contribution in [0.25, 0.3) is 44.3 Å². The van der Waals surface area contributed by atoms with E-state index in [4.69, 9.17) is 19.0 Å². The number of benzene rings is 2. The van der Waals surface area contributed by atoms with Gasteiger partial charge >= 0.3 is 0 Å². The molecule has 2 saturated heterocycles. The average Bonchev–Trinajstić information content (AvgIpc) is 4.08. The molecule has 7 heterocycles. The summed E-state index contributed by atoms with van der Waals surface area (Å²) in [5.41, 5.74) is 9.32. The van der Waals surface area contributed by atoms with Gasteiger partial charge in [0, 0.05) is 61.7 Å². The molecule has 0 spiro atoms. The zero-order valence-corrected chi connectivity index (χ0v) is 38.6. The van der Waals surface area contributed by atoms with Crippen molar-refractivity contribution in [2.45, 2.75) is 154 Å². The number of rotatable bonds is 7. The SMILES string of the molecule is Cc1noc(C)c1-c1ccc2c(c1)nc([C@@H]1CCCC(=O)N1)n2C1CCC(F)(F)CC1.Cc1noc(C)c1-c1ccc2c(c1)nc([C@@H]1CCCC(=O)N1c1cncnc1)n2C1CCC(F)(F)CC1. The van der Waals surface area contributed by atoms with E-state index >= 15 is 0 Å². The summed E-state index contributed by atoms with van der Waals surface area (Å²) in [6.45, 7) is 7.55. The molecule has 0 unspecified atom stereocenters. The Morgan fingerprint density at radius 1 is 0.647 bits per heavy atom.